The van der Waals surface area contributed by atoms with Crippen molar-refractivity contribution < 1.29 is 0 Å². The van der Waals surface area contributed by atoms with E-state index in [2.05, 4.69) is 46.1 Å². The van der Waals surface area contributed by atoms with Crippen molar-refractivity contribution in [2.75, 3.05) is 13.1 Å². The van der Waals surface area contributed by atoms with Crippen LogP contribution in [0.4, 0.5) is 0 Å². The molecule has 0 aliphatic carbocycles. The molecule has 7 heteroatoms. The molecule has 2 aromatic rings. The van der Waals surface area contributed by atoms with E-state index in [1.807, 2.05) is 6.07 Å². The smallest absolute Gasteiger partial charge is 0.191 e. The van der Waals surface area contributed by atoms with Crippen molar-refractivity contribution in [3.05, 3.63) is 43.7 Å². The van der Waals surface area contributed by atoms with Crippen molar-refractivity contribution in [3.63, 3.8) is 0 Å². The highest BCUT2D eigenvalue weighted by atomic mass is 127. The Balaban J connectivity index is 0.00000220. The van der Waals surface area contributed by atoms with E-state index in [-0.39, 0.29) is 24.0 Å². The van der Waals surface area contributed by atoms with Gasteiger partial charge < -0.3 is 10.6 Å². The third kappa shape index (κ3) is 6.99. The van der Waals surface area contributed by atoms with Crippen LogP contribution in [-0.2, 0) is 13.0 Å². The normalized spacial score (nSPS) is 11.0. The predicted octanol–water partition coefficient (Wildman–Crippen LogP) is 4.38. The highest BCUT2D eigenvalue weighted by Crippen LogP contribution is 2.21. The lowest BCUT2D eigenvalue weighted by molar-refractivity contribution is 0.806. The SMILES string of the molecule is CCNC(=NCc1cccs1)NCCc1ccc(Cl)s1.I. The molecule has 116 valence electrons. The second-order valence-electron chi connectivity index (χ2n) is 4.16. The first-order chi connectivity index (χ1) is 9.78. The van der Waals surface area contributed by atoms with Gasteiger partial charge in [0.15, 0.2) is 5.96 Å². The Morgan fingerprint density at radius 2 is 2.10 bits per heavy atom. The number of nitrogens with one attached hydrogen (secondary N) is 2. The van der Waals surface area contributed by atoms with Crippen LogP contribution in [0, 0.1) is 0 Å². The van der Waals surface area contributed by atoms with E-state index in [9.17, 15) is 0 Å². The maximum atomic E-state index is 5.92. The Hall–Kier alpha value is -0.310. The van der Waals surface area contributed by atoms with Crippen LogP contribution in [0.2, 0.25) is 4.34 Å². The Bertz CT molecular complexity index is 540. The molecule has 0 aliphatic rings. The minimum absolute atomic E-state index is 0. The number of thiophene rings is 2. The molecule has 0 bridgehead atoms. The summed E-state index contributed by atoms with van der Waals surface area (Å²) in [6, 6.07) is 8.17. The average Bonchev–Trinajstić information content (AvgIpc) is 3.08. The largest absolute Gasteiger partial charge is 0.357 e. The van der Waals surface area contributed by atoms with Crippen LogP contribution in [0.5, 0.6) is 0 Å². The number of hydrogen-bond donors (Lipinski definition) is 2. The van der Waals surface area contributed by atoms with E-state index >= 15 is 0 Å². The summed E-state index contributed by atoms with van der Waals surface area (Å²) in [5, 5.41) is 8.68. The topological polar surface area (TPSA) is 36.4 Å². The molecule has 21 heavy (non-hydrogen) atoms. The number of rotatable bonds is 6. The van der Waals surface area contributed by atoms with E-state index in [4.69, 9.17) is 11.6 Å². The molecule has 0 unspecified atom stereocenters. The van der Waals surface area contributed by atoms with E-state index in [0.717, 1.165) is 36.4 Å². The standard InChI is InChI=1S/C14H18ClN3S2.HI/c1-2-16-14(18-10-12-4-3-9-19-12)17-8-7-11-5-6-13(15)20-11;/h3-6,9H,2,7-8,10H2,1H3,(H2,16,17,18);1H. The fourth-order valence-corrected chi connectivity index (χ4v) is 3.41. The molecule has 2 rings (SSSR count). The fourth-order valence-electron chi connectivity index (χ4n) is 1.69. The Morgan fingerprint density at radius 1 is 1.24 bits per heavy atom. The van der Waals surface area contributed by atoms with Gasteiger partial charge >= 0.3 is 0 Å². The first-order valence-electron chi connectivity index (χ1n) is 6.56. The lowest BCUT2D eigenvalue weighted by Gasteiger charge is -2.10. The van der Waals surface area contributed by atoms with Crippen LogP contribution in [0.1, 0.15) is 16.7 Å². The summed E-state index contributed by atoms with van der Waals surface area (Å²) in [5.74, 6) is 0.864. The van der Waals surface area contributed by atoms with Gasteiger partial charge in [0.05, 0.1) is 10.9 Å². The van der Waals surface area contributed by atoms with Gasteiger partial charge in [-0.3, -0.25) is 0 Å². The molecule has 2 heterocycles. The van der Waals surface area contributed by atoms with Gasteiger partial charge in [-0.1, -0.05) is 17.7 Å². The van der Waals surface area contributed by atoms with Gasteiger partial charge in [0.2, 0.25) is 0 Å². The molecular formula is C14H19ClIN3S2. The lowest BCUT2D eigenvalue weighted by Crippen LogP contribution is -2.38. The zero-order chi connectivity index (χ0) is 14.2. The molecule has 0 saturated carbocycles. The molecule has 0 radical (unpaired) electrons. The molecule has 2 aromatic heterocycles. The predicted molar refractivity (Wildman–Crippen MR) is 106 cm³/mol. The summed E-state index contributed by atoms with van der Waals surface area (Å²) in [5.41, 5.74) is 0. The summed E-state index contributed by atoms with van der Waals surface area (Å²) >= 11 is 9.28. The number of guanidine groups is 1. The highest BCUT2D eigenvalue weighted by molar-refractivity contribution is 14.0. The van der Waals surface area contributed by atoms with Crippen molar-refractivity contribution in [3.8, 4) is 0 Å². The van der Waals surface area contributed by atoms with Crippen molar-refractivity contribution in [2.24, 2.45) is 4.99 Å². The molecular weight excluding hydrogens is 437 g/mol. The summed E-state index contributed by atoms with van der Waals surface area (Å²) < 4.78 is 0.846. The van der Waals surface area contributed by atoms with Gasteiger partial charge in [0.1, 0.15) is 0 Å². The molecule has 0 atom stereocenters. The van der Waals surface area contributed by atoms with Crippen molar-refractivity contribution >= 4 is 64.2 Å². The lowest BCUT2D eigenvalue weighted by atomic mass is 10.3. The van der Waals surface area contributed by atoms with Gasteiger partial charge in [-0.25, -0.2) is 4.99 Å². The summed E-state index contributed by atoms with van der Waals surface area (Å²) in [4.78, 5) is 7.13. The second-order valence-corrected chi connectivity index (χ2v) is 6.99. The van der Waals surface area contributed by atoms with Gasteiger partial charge in [0, 0.05) is 22.8 Å². The van der Waals surface area contributed by atoms with Crippen molar-refractivity contribution in [1.82, 2.24) is 10.6 Å². The minimum Gasteiger partial charge on any atom is -0.357 e. The first kappa shape index (κ1) is 18.7. The van der Waals surface area contributed by atoms with Crippen LogP contribution in [0.25, 0.3) is 0 Å². The molecule has 2 N–H and O–H groups in total. The summed E-state index contributed by atoms with van der Waals surface area (Å²) in [6.45, 7) is 4.51. The van der Waals surface area contributed by atoms with Gasteiger partial charge in [-0.15, -0.1) is 46.7 Å². The maximum absolute atomic E-state index is 5.92. The summed E-state index contributed by atoms with van der Waals surface area (Å²) in [7, 11) is 0. The van der Waals surface area contributed by atoms with E-state index in [1.165, 1.54) is 9.75 Å². The van der Waals surface area contributed by atoms with Crippen LogP contribution < -0.4 is 10.6 Å². The maximum Gasteiger partial charge on any atom is 0.191 e. The molecule has 0 saturated heterocycles. The minimum atomic E-state index is 0. The second kappa shape index (κ2) is 10.4. The van der Waals surface area contributed by atoms with Crippen LogP contribution in [0.3, 0.4) is 0 Å². The van der Waals surface area contributed by atoms with Crippen LogP contribution in [0.15, 0.2) is 34.6 Å². The Morgan fingerprint density at radius 3 is 2.71 bits per heavy atom. The molecule has 0 spiro atoms. The van der Waals surface area contributed by atoms with Crippen molar-refractivity contribution in [1.29, 1.82) is 0 Å². The quantitative estimate of drug-likeness (QED) is 0.385. The Labute approximate surface area is 155 Å². The summed E-state index contributed by atoms with van der Waals surface area (Å²) in [6.07, 6.45) is 0.959. The third-order valence-electron chi connectivity index (χ3n) is 2.61. The molecule has 0 aromatic carbocycles. The fraction of sp³-hybridized carbons (Fsp3) is 0.357. The number of hydrogen-bond acceptors (Lipinski definition) is 3. The number of aliphatic imine (C=N–C) groups is 1. The molecule has 0 fully saturated rings. The van der Waals surface area contributed by atoms with Crippen LogP contribution >= 0.6 is 58.3 Å². The zero-order valence-electron chi connectivity index (χ0n) is 11.8. The first-order valence-corrected chi connectivity index (χ1v) is 8.64. The molecule has 0 aliphatic heterocycles. The average molecular weight is 456 g/mol. The monoisotopic (exact) mass is 455 g/mol. The van der Waals surface area contributed by atoms with Crippen LogP contribution in [-0.4, -0.2) is 19.0 Å². The number of nitrogens with zero attached hydrogens (tertiary/aromatic N) is 1. The van der Waals surface area contributed by atoms with Gasteiger partial charge in [-0.05, 0) is 36.9 Å². The van der Waals surface area contributed by atoms with E-state index in [1.54, 1.807) is 22.7 Å². The van der Waals surface area contributed by atoms with Gasteiger partial charge in [-0.2, -0.15) is 0 Å². The van der Waals surface area contributed by atoms with Gasteiger partial charge in [0.25, 0.3) is 0 Å². The van der Waals surface area contributed by atoms with Crippen molar-refractivity contribution in [2.45, 2.75) is 19.9 Å². The Kier molecular flexibility index (Phi) is 9.30. The molecule has 0 amide bonds. The van der Waals surface area contributed by atoms with E-state index in [0.29, 0.717) is 0 Å². The van der Waals surface area contributed by atoms with E-state index < -0.39 is 0 Å². The highest BCUT2D eigenvalue weighted by Gasteiger charge is 2.00. The number of halogens is 2. The third-order valence-corrected chi connectivity index (χ3v) is 4.76. The zero-order valence-corrected chi connectivity index (χ0v) is 16.5. The molecule has 3 nitrogen and oxygen atoms in total.